The summed E-state index contributed by atoms with van der Waals surface area (Å²) in [6, 6.07) is 3.80. The Balaban J connectivity index is 1.70. The Morgan fingerprint density at radius 2 is 1.96 bits per heavy atom. The van der Waals surface area contributed by atoms with Crippen LogP contribution in [-0.2, 0) is 17.8 Å². The summed E-state index contributed by atoms with van der Waals surface area (Å²) in [6.07, 6.45) is 6.82. The zero-order chi connectivity index (χ0) is 18.3. The molecule has 2 aromatic heterocycles. The first-order valence-corrected chi connectivity index (χ1v) is 9.04. The second kappa shape index (κ2) is 6.32. The first-order valence-electron chi connectivity index (χ1n) is 9.04. The van der Waals surface area contributed by atoms with Crippen LogP contribution < -0.4 is 10.6 Å². The maximum atomic E-state index is 12.8. The molecule has 2 N–H and O–H groups in total. The number of hydrogen-bond acceptors (Lipinski definition) is 6. The molecule has 2 aromatic rings. The molecule has 0 radical (unpaired) electrons. The van der Waals surface area contributed by atoms with Crippen molar-refractivity contribution in [2.24, 2.45) is 5.73 Å². The molecule has 0 unspecified atom stereocenters. The highest BCUT2D eigenvalue weighted by atomic mass is 16.2. The van der Waals surface area contributed by atoms with Crippen molar-refractivity contribution in [2.75, 3.05) is 25.5 Å². The Morgan fingerprint density at radius 1 is 1.23 bits per heavy atom. The number of rotatable bonds is 3. The fraction of sp³-hybridized carbons (Fsp3) is 0.474. The second-order valence-corrected chi connectivity index (χ2v) is 7.41. The number of amides is 1. The Bertz CT molecular complexity index is 831. The summed E-state index contributed by atoms with van der Waals surface area (Å²) in [5.74, 6) is 1.64. The molecule has 1 aliphatic heterocycles. The van der Waals surface area contributed by atoms with Crippen molar-refractivity contribution in [1.82, 2.24) is 19.9 Å². The fourth-order valence-corrected chi connectivity index (χ4v) is 3.67. The van der Waals surface area contributed by atoms with Crippen LogP contribution in [0.4, 0.5) is 5.82 Å². The standard InChI is InChI=1S/C19H24N6O/c1-24(2)17-14-6-11-25(18(26)19(20)7-3-8-19)12-15(14)22-16(23-17)13-4-9-21-10-5-13/h4-5,9-10H,3,6-8,11-12,20H2,1-2H3. The molecule has 1 fully saturated rings. The van der Waals surface area contributed by atoms with E-state index in [4.69, 9.17) is 15.7 Å². The van der Waals surface area contributed by atoms with Gasteiger partial charge in [0, 0.05) is 44.2 Å². The SMILES string of the molecule is CN(C)c1nc(-c2ccncc2)nc2c1CCN(C(=O)C1(N)CCC1)C2. The van der Waals surface area contributed by atoms with Gasteiger partial charge in [-0.25, -0.2) is 9.97 Å². The van der Waals surface area contributed by atoms with Crippen molar-refractivity contribution in [3.63, 3.8) is 0 Å². The number of hydrogen-bond donors (Lipinski definition) is 1. The van der Waals surface area contributed by atoms with Crippen LogP contribution in [0.1, 0.15) is 30.5 Å². The zero-order valence-electron chi connectivity index (χ0n) is 15.3. The molecule has 2 aliphatic rings. The average Bonchev–Trinajstić information content (AvgIpc) is 2.64. The molecule has 0 bridgehead atoms. The Morgan fingerprint density at radius 3 is 2.58 bits per heavy atom. The second-order valence-electron chi connectivity index (χ2n) is 7.41. The van der Waals surface area contributed by atoms with Crippen LogP contribution in [0.15, 0.2) is 24.5 Å². The summed E-state index contributed by atoms with van der Waals surface area (Å²) in [4.78, 5) is 30.3. The third-order valence-corrected chi connectivity index (χ3v) is 5.36. The van der Waals surface area contributed by atoms with Gasteiger partial charge in [0.2, 0.25) is 5.91 Å². The number of nitrogens with zero attached hydrogens (tertiary/aromatic N) is 5. The Labute approximate surface area is 153 Å². The van der Waals surface area contributed by atoms with E-state index in [1.165, 1.54) is 0 Å². The molecule has 0 aromatic carbocycles. The minimum atomic E-state index is -0.664. The van der Waals surface area contributed by atoms with E-state index in [9.17, 15) is 4.79 Å². The smallest absolute Gasteiger partial charge is 0.243 e. The Kier molecular flexibility index (Phi) is 4.11. The maximum absolute atomic E-state index is 12.8. The van der Waals surface area contributed by atoms with E-state index in [0.29, 0.717) is 18.9 Å². The van der Waals surface area contributed by atoms with Crippen molar-refractivity contribution in [1.29, 1.82) is 0 Å². The van der Waals surface area contributed by atoms with Crippen LogP contribution in [0.25, 0.3) is 11.4 Å². The van der Waals surface area contributed by atoms with E-state index in [2.05, 4.69) is 4.98 Å². The third kappa shape index (κ3) is 2.82. The molecule has 1 aliphatic carbocycles. The first-order chi connectivity index (χ1) is 12.5. The van der Waals surface area contributed by atoms with Gasteiger partial charge in [-0.2, -0.15) is 0 Å². The lowest BCUT2D eigenvalue weighted by Crippen LogP contribution is -2.60. The van der Waals surface area contributed by atoms with Gasteiger partial charge in [-0.15, -0.1) is 0 Å². The van der Waals surface area contributed by atoms with Crippen LogP contribution in [0, 0.1) is 0 Å². The fourth-order valence-electron chi connectivity index (χ4n) is 3.67. The van der Waals surface area contributed by atoms with Crippen molar-refractivity contribution in [3.05, 3.63) is 35.8 Å². The highest BCUT2D eigenvalue weighted by molar-refractivity contribution is 5.87. The van der Waals surface area contributed by atoms with Crippen LogP contribution in [-0.4, -0.2) is 51.9 Å². The van der Waals surface area contributed by atoms with Gasteiger partial charge in [-0.05, 0) is 37.8 Å². The number of pyridine rings is 1. The third-order valence-electron chi connectivity index (χ3n) is 5.36. The average molecular weight is 352 g/mol. The van der Waals surface area contributed by atoms with Crippen molar-refractivity contribution in [3.8, 4) is 11.4 Å². The monoisotopic (exact) mass is 352 g/mol. The maximum Gasteiger partial charge on any atom is 0.243 e. The van der Waals surface area contributed by atoms with Gasteiger partial charge < -0.3 is 15.5 Å². The lowest BCUT2D eigenvalue weighted by Gasteiger charge is -2.41. The largest absolute Gasteiger partial charge is 0.362 e. The van der Waals surface area contributed by atoms with Crippen LogP contribution in [0.2, 0.25) is 0 Å². The molecule has 1 amide bonds. The van der Waals surface area contributed by atoms with Gasteiger partial charge in [0.05, 0.1) is 17.8 Å². The normalized spacial score (nSPS) is 18.0. The van der Waals surface area contributed by atoms with Crippen molar-refractivity contribution < 1.29 is 4.79 Å². The molecule has 7 nitrogen and oxygen atoms in total. The van der Waals surface area contributed by atoms with Crippen molar-refractivity contribution >= 4 is 11.7 Å². The summed E-state index contributed by atoms with van der Waals surface area (Å²) in [5, 5.41) is 0. The first kappa shape index (κ1) is 16.9. The predicted molar refractivity (Wildman–Crippen MR) is 99.5 cm³/mol. The molecule has 4 rings (SSSR count). The summed E-state index contributed by atoms with van der Waals surface area (Å²) in [7, 11) is 3.97. The molecule has 26 heavy (non-hydrogen) atoms. The van der Waals surface area contributed by atoms with E-state index >= 15 is 0 Å². The molecular weight excluding hydrogens is 328 g/mol. The van der Waals surface area contributed by atoms with Gasteiger partial charge in [-0.3, -0.25) is 9.78 Å². The lowest BCUT2D eigenvalue weighted by atomic mass is 9.76. The minimum absolute atomic E-state index is 0.0601. The minimum Gasteiger partial charge on any atom is -0.362 e. The molecule has 0 spiro atoms. The van der Waals surface area contributed by atoms with Crippen molar-refractivity contribution in [2.45, 2.75) is 37.8 Å². The Hall–Kier alpha value is -2.54. The molecule has 136 valence electrons. The van der Waals surface area contributed by atoms with Gasteiger partial charge in [0.15, 0.2) is 5.82 Å². The molecule has 7 heteroatoms. The molecule has 3 heterocycles. The zero-order valence-corrected chi connectivity index (χ0v) is 15.3. The number of aromatic nitrogens is 3. The number of anilines is 1. The van der Waals surface area contributed by atoms with E-state index in [1.54, 1.807) is 12.4 Å². The summed E-state index contributed by atoms with van der Waals surface area (Å²) in [6.45, 7) is 1.16. The number of nitrogens with two attached hydrogens (primary N) is 1. The van der Waals surface area contributed by atoms with E-state index in [-0.39, 0.29) is 5.91 Å². The van der Waals surface area contributed by atoms with Gasteiger partial charge in [0.1, 0.15) is 5.82 Å². The summed E-state index contributed by atoms with van der Waals surface area (Å²) >= 11 is 0. The number of fused-ring (bicyclic) bond motifs is 1. The highest BCUT2D eigenvalue weighted by Crippen LogP contribution is 2.34. The van der Waals surface area contributed by atoms with E-state index in [1.807, 2.05) is 36.0 Å². The molecule has 0 atom stereocenters. The summed E-state index contributed by atoms with van der Waals surface area (Å²) in [5.41, 5.74) is 8.55. The number of carbonyl (C=O) groups excluding carboxylic acids is 1. The van der Waals surface area contributed by atoms with Gasteiger partial charge in [0.25, 0.3) is 0 Å². The van der Waals surface area contributed by atoms with E-state index < -0.39 is 5.54 Å². The summed E-state index contributed by atoms with van der Waals surface area (Å²) < 4.78 is 0. The van der Waals surface area contributed by atoms with Crippen LogP contribution in [0.5, 0.6) is 0 Å². The van der Waals surface area contributed by atoms with Crippen LogP contribution in [0.3, 0.4) is 0 Å². The van der Waals surface area contributed by atoms with Crippen LogP contribution >= 0.6 is 0 Å². The van der Waals surface area contributed by atoms with E-state index in [0.717, 1.165) is 48.3 Å². The molecule has 0 saturated heterocycles. The predicted octanol–water partition coefficient (Wildman–Crippen LogP) is 1.37. The van der Waals surface area contributed by atoms with Gasteiger partial charge in [-0.1, -0.05) is 0 Å². The van der Waals surface area contributed by atoms with Gasteiger partial charge >= 0.3 is 0 Å². The molecular formula is C19H24N6O. The lowest BCUT2D eigenvalue weighted by molar-refractivity contribution is -0.141. The molecule has 1 saturated carbocycles. The quantitative estimate of drug-likeness (QED) is 0.898. The number of carbonyl (C=O) groups is 1. The topological polar surface area (TPSA) is 88.2 Å². The highest BCUT2D eigenvalue weighted by Gasteiger charge is 2.43.